The number of rotatable bonds is 18. The standard InChI is InChI=1S/3C12H19OSi.Bi/c3*1-4-14(5-2,6-3)13-12-10-8-7-9-11-12;/h3*7-8,10-11H,4-6H2,1-3H3;. The molecule has 3 aromatic carbocycles. The van der Waals surface area contributed by atoms with Crippen LogP contribution in [0.15, 0.2) is 72.8 Å². The van der Waals surface area contributed by atoms with Crippen molar-refractivity contribution in [3.05, 3.63) is 72.8 Å². The molecule has 0 bridgehead atoms. The van der Waals surface area contributed by atoms with E-state index in [9.17, 15) is 0 Å². The van der Waals surface area contributed by atoms with E-state index in [0.29, 0.717) is 0 Å². The molecule has 0 atom stereocenters. The van der Waals surface area contributed by atoms with Crippen LogP contribution in [0.4, 0.5) is 0 Å². The van der Waals surface area contributed by atoms with Crippen molar-refractivity contribution in [2.45, 2.75) is 117 Å². The summed E-state index contributed by atoms with van der Waals surface area (Å²) in [6.45, 7) is 20.8. The molecule has 0 radical (unpaired) electrons. The van der Waals surface area contributed by atoms with Gasteiger partial charge >= 0.3 is 277 Å². The Morgan fingerprint density at radius 3 is 0.837 bits per heavy atom. The van der Waals surface area contributed by atoms with Crippen molar-refractivity contribution >= 4 is 56.5 Å². The molecule has 0 unspecified atom stereocenters. The van der Waals surface area contributed by atoms with Gasteiger partial charge in [0, 0.05) is 0 Å². The molecule has 0 heterocycles. The zero-order chi connectivity index (χ0) is 31.5. The predicted molar refractivity (Wildman–Crippen MR) is 197 cm³/mol. The van der Waals surface area contributed by atoms with Gasteiger partial charge in [-0.25, -0.2) is 0 Å². The molecule has 7 heteroatoms. The molecule has 0 spiro atoms. The van der Waals surface area contributed by atoms with Gasteiger partial charge < -0.3 is 0 Å². The summed E-state index contributed by atoms with van der Waals surface area (Å²) in [5.41, 5.74) is 0. The van der Waals surface area contributed by atoms with Crippen LogP contribution in [0.3, 0.4) is 0 Å². The Kier molecular flexibility index (Phi) is 14.1. The first-order valence-corrected chi connectivity index (χ1v) is 29.7. The Balaban J connectivity index is 2.15. The van der Waals surface area contributed by atoms with E-state index in [4.69, 9.17) is 13.3 Å². The molecule has 0 aliphatic rings. The molecule has 0 aromatic heterocycles. The number of benzene rings is 3. The fraction of sp³-hybridized carbons (Fsp3) is 0.500. The van der Waals surface area contributed by atoms with Crippen LogP contribution in [0.25, 0.3) is 0 Å². The van der Waals surface area contributed by atoms with E-state index in [1.165, 1.54) is 9.81 Å². The second-order valence-electron chi connectivity index (χ2n) is 11.9. The fourth-order valence-electron chi connectivity index (χ4n) is 6.15. The van der Waals surface area contributed by atoms with Crippen molar-refractivity contribution in [1.29, 1.82) is 0 Å². The van der Waals surface area contributed by atoms with Crippen molar-refractivity contribution in [2.24, 2.45) is 0 Å². The average molecular weight is 831 g/mol. The Morgan fingerprint density at radius 2 is 0.628 bits per heavy atom. The van der Waals surface area contributed by atoms with Gasteiger partial charge in [0.15, 0.2) is 0 Å². The zero-order valence-electron chi connectivity index (χ0n) is 28.5. The average Bonchev–Trinajstić information content (AvgIpc) is 3.06. The minimum absolute atomic E-state index is 1.05. The summed E-state index contributed by atoms with van der Waals surface area (Å²) in [6.07, 6.45) is 0. The molecule has 3 aromatic rings. The van der Waals surface area contributed by atoms with E-state index < -0.39 is 46.7 Å². The molecule has 0 saturated carbocycles. The molecule has 0 fully saturated rings. The van der Waals surface area contributed by atoms with Crippen molar-refractivity contribution in [2.75, 3.05) is 0 Å². The third-order valence-electron chi connectivity index (χ3n) is 10.0. The van der Waals surface area contributed by atoms with Gasteiger partial charge in [0.2, 0.25) is 0 Å². The third kappa shape index (κ3) is 8.86. The van der Waals surface area contributed by atoms with Crippen molar-refractivity contribution in [3.8, 4) is 17.2 Å². The van der Waals surface area contributed by atoms with E-state index in [-0.39, 0.29) is 0 Å². The number of hydrogen-bond acceptors (Lipinski definition) is 3. The molecular weight excluding hydrogens is 774 g/mol. The Hall–Kier alpha value is -1.41. The van der Waals surface area contributed by atoms with Crippen molar-refractivity contribution in [3.63, 3.8) is 0 Å². The van der Waals surface area contributed by atoms with Gasteiger partial charge in [-0.05, 0) is 0 Å². The van der Waals surface area contributed by atoms with E-state index in [1.807, 2.05) is 0 Å². The second-order valence-corrected chi connectivity index (χ2v) is 34.6. The first-order valence-electron chi connectivity index (χ1n) is 16.9. The van der Waals surface area contributed by atoms with Crippen LogP contribution in [0.5, 0.6) is 17.2 Å². The van der Waals surface area contributed by atoms with Crippen molar-refractivity contribution in [1.82, 2.24) is 0 Å². The van der Waals surface area contributed by atoms with E-state index >= 15 is 0 Å². The Labute approximate surface area is 274 Å². The van der Waals surface area contributed by atoms with Gasteiger partial charge in [0.25, 0.3) is 0 Å². The SMILES string of the molecule is CC[Si](CC)(CC)Oc1ccc[c]([Bi]([c]2cccc(O[Si](CC)(CC)CC)c2)[c]2cccc(O[Si](CC)(CC)CC)c2)c1. The van der Waals surface area contributed by atoms with Crippen LogP contribution in [0.2, 0.25) is 54.4 Å². The van der Waals surface area contributed by atoms with Gasteiger partial charge in [0.05, 0.1) is 0 Å². The fourth-order valence-corrected chi connectivity index (χ4v) is 23.0. The molecule has 0 aliphatic carbocycles. The molecule has 3 rings (SSSR count). The monoisotopic (exact) mass is 830 g/mol. The van der Waals surface area contributed by atoms with Crippen LogP contribution in [0, 0.1) is 0 Å². The molecule has 43 heavy (non-hydrogen) atoms. The van der Waals surface area contributed by atoms with E-state index in [0.717, 1.165) is 71.6 Å². The summed E-state index contributed by atoms with van der Waals surface area (Å²) in [4.78, 5) is 0. The van der Waals surface area contributed by atoms with Gasteiger partial charge in [0.1, 0.15) is 0 Å². The maximum absolute atomic E-state index is 6.91. The Bertz CT molecular complexity index is 1090. The predicted octanol–water partition coefficient (Wildman–Crippen LogP) is 9.35. The summed E-state index contributed by atoms with van der Waals surface area (Å²) in [5.74, 6) is 3.16. The normalized spacial score (nSPS) is 12.4. The topological polar surface area (TPSA) is 27.7 Å². The first-order chi connectivity index (χ1) is 20.7. The molecule has 0 N–H and O–H groups in total. The van der Waals surface area contributed by atoms with Crippen LogP contribution in [-0.2, 0) is 0 Å². The molecule has 236 valence electrons. The zero-order valence-corrected chi connectivity index (χ0v) is 34.9. The molecule has 0 saturated heterocycles. The van der Waals surface area contributed by atoms with Crippen LogP contribution in [0.1, 0.15) is 62.3 Å². The van der Waals surface area contributed by atoms with Crippen LogP contribution < -0.4 is 23.1 Å². The van der Waals surface area contributed by atoms with Crippen LogP contribution in [-0.4, -0.2) is 46.7 Å². The van der Waals surface area contributed by atoms with Crippen molar-refractivity contribution < 1.29 is 13.3 Å². The molecule has 3 nitrogen and oxygen atoms in total. The first kappa shape index (κ1) is 36.1. The molecule has 0 amide bonds. The third-order valence-corrected chi connectivity index (χ3v) is 32.9. The quantitative estimate of drug-likeness (QED) is 0.120. The summed E-state index contributed by atoms with van der Waals surface area (Å²) in [5, 5.41) is 0. The summed E-state index contributed by atoms with van der Waals surface area (Å²) in [7, 11) is -5.34. The summed E-state index contributed by atoms with van der Waals surface area (Å²) in [6, 6.07) is 37.7. The van der Waals surface area contributed by atoms with E-state index in [1.54, 1.807) is 0 Å². The Morgan fingerprint density at radius 1 is 0.395 bits per heavy atom. The summed E-state index contributed by atoms with van der Waals surface area (Å²) < 4.78 is 25.1. The van der Waals surface area contributed by atoms with Crippen LogP contribution >= 0.6 is 0 Å². The number of hydrogen-bond donors (Lipinski definition) is 0. The summed E-state index contributed by atoms with van der Waals surface area (Å²) >= 11 is -2.76. The van der Waals surface area contributed by atoms with Gasteiger partial charge in [-0.1, -0.05) is 0 Å². The maximum atomic E-state index is 6.91. The molecular formula is C36H57BiO3Si3. The minimum atomic E-state index is -2.76. The van der Waals surface area contributed by atoms with Gasteiger partial charge in [-0.3, -0.25) is 0 Å². The molecule has 0 aliphatic heterocycles. The second kappa shape index (κ2) is 16.8. The van der Waals surface area contributed by atoms with Gasteiger partial charge in [-0.15, -0.1) is 0 Å². The van der Waals surface area contributed by atoms with E-state index in [2.05, 4.69) is 135 Å². The van der Waals surface area contributed by atoms with Gasteiger partial charge in [-0.2, -0.15) is 0 Å².